The van der Waals surface area contributed by atoms with Gasteiger partial charge in [-0.1, -0.05) is 72.0 Å². The van der Waals surface area contributed by atoms with E-state index >= 15 is 0 Å². The lowest BCUT2D eigenvalue weighted by Gasteiger charge is -2.02. The molecule has 218 valence electrons. The van der Waals surface area contributed by atoms with Crippen LogP contribution in [0, 0.1) is 0 Å². The maximum atomic E-state index is 12.3. The lowest BCUT2D eigenvalue weighted by Crippen LogP contribution is -2.11. The van der Waals surface area contributed by atoms with Crippen molar-refractivity contribution in [1.82, 2.24) is 20.4 Å². The van der Waals surface area contributed by atoms with Crippen molar-refractivity contribution in [3.8, 4) is 0 Å². The normalized spacial score (nSPS) is 10.9. The molecule has 9 nitrogen and oxygen atoms in total. The van der Waals surface area contributed by atoms with E-state index in [2.05, 4.69) is 25.7 Å². The van der Waals surface area contributed by atoms with Gasteiger partial charge < -0.3 is 5.32 Å². The van der Waals surface area contributed by atoms with Gasteiger partial charge in [0.1, 0.15) is 20.8 Å². The van der Waals surface area contributed by atoms with Gasteiger partial charge in [0, 0.05) is 49.7 Å². The number of aromatic nitrogens is 4. The first kappa shape index (κ1) is 31.0. The summed E-state index contributed by atoms with van der Waals surface area (Å²) in [5, 5.41) is 22.3. The minimum atomic E-state index is -0.176. The highest BCUT2D eigenvalue weighted by Gasteiger charge is 2.13. The SMILES string of the molecule is O=C(CCCC(=O)c1ccccc1)Cc1nnc(CCCCc2nnc(NC(=O)CCCC(=O)c3ccccc3)s2)s1. The fourth-order valence-electron chi connectivity index (χ4n) is 4.25. The number of nitrogens with one attached hydrogen (secondary N) is 1. The van der Waals surface area contributed by atoms with Gasteiger partial charge in [-0.25, -0.2) is 0 Å². The lowest BCUT2D eigenvalue weighted by atomic mass is 10.0. The molecular weight excluding hydrogens is 571 g/mol. The van der Waals surface area contributed by atoms with E-state index in [0.717, 1.165) is 35.7 Å². The number of anilines is 1. The number of unbranched alkanes of at least 4 members (excludes halogenated alkanes) is 1. The zero-order valence-corrected chi connectivity index (χ0v) is 24.9. The third-order valence-electron chi connectivity index (χ3n) is 6.46. The van der Waals surface area contributed by atoms with Gasteiger partial charge in [0.05, 0.1) is 6.42 Å². The second-order valence-corrected chi connectivity index (χ2v) is 12.1. The topological polar surface area (TPSA) is 132 Å². The van der Waals surface area contributed by atoms with Crippen LogP contribution in [0.4, 0.5) is 5.13 Å². The van der Waals surface area contributed by atoms with Crippen LogP contribution in [0.5, 0.6) is 0 Å². The summed E-state index contributed by atoms with van der Waals surface area (Å²) < 4.78 is 0. The monoisotopic (exact) mass is 603 g/mol. The van der Waals surface area contributed by atoms with Crippen LogP contribution in [-0.4, -0.2) is 43.7 Å². The molecular formula is C31H33N5O4S2. The Hall–Kier alpha value is -3.96. The van der Waals surface area contributed by atoms with Crippen LogP contribution in [0.3, 0.4) is 0 Å². The van der Waals surface area contributed by atoms with Crippen LogP contribution in [0.25, 0.3) is 0 Å². The van der Waals surface area contributed by atoms with Crippen molar-refractivity contribution in [3.63, 3.8) is 0 Å². The molecule has 0 atom stereocenters. The molecule has 1 amide bonds. The molecule has 2 aromatic heterocycles. The maximum absolute atomic E-state index is 12.3. The van der Waals surface area contributed by atoms with E-state index in [1.807, 2.05) is 36.4 Å². The lowest BCUT2D eigenvalue weighted by molar-refractivity contribution is -0.118. The highest BCUT2D eigenvalue weighted by molar-refractivity contribution is 7.15. The number of carbonyl (C=O) groups is 4. The summed E-state index contributed by atoms with van der Waals surface area (Å²) in [5.41, 5.74) is 1.34. The molecule has 0 fully saturated rings. The number of benzene rings is 2. The largest absolute Gasteiger partial charge is 0.301 e. The molecule has 0 spiro atoms. The van der Waals surface area contributed by atoms with Gasteiger partial charge in [0.25, 0.3) is 0 Å². The highest BCUT2D eigenvalue weighted by Crippen LogP contribution is 2.20. The maximum Gasteiger partial charge on any atom is 0.226 e. The van der Waals surface area contributed by atoms with Crippen molar-refractivity contribution in [2.24, 2.45) is 0 Å². The summed E-state index contributed by atoms with van der Waals surface area (Å²) in [5.74, 6) is -0.0214. The summed E-state index contributed by atoms with van der Waals surface area (Å²) in [6, 6.07) is 18.2. The Labute approximate surface area is 252 Å². The van der Waals surface area contributed by atoms with E-state index < -0.39 is 0 Å². The molecule has 0 radical (unpaired) electrons. The summed E-state index contributed by atoms with van der Waals surface area (Å²) in [6.45, 7) is 0. The van der Waals surface area contributed by atoms with Gasteiger partial charge in [0.15, 0.2) is 11.6 Å². The molecule has 4 aromatic rings. The first-order chi connectivity index (χ1) is 20.5. The van der Waals surface area contributed by atoms with Crippen LogP contribution < -0.4 is 5.32 Å². The number of aryl methyl sites for hydroxylation is 2. The molecule has 2 aromatic carbocycles. The van der Waals surface area contributed by atoms with E-state index in [0.29, 0.717) is 53.4 Å². The molecule has 0 aliphatic heterocycles. The number of ketones is 3. The Kier molecular flexibility index (Phi) is 12.2. The van der Waals surface area contributed by atoms with Crippen LogP contribution in [0.2, 0.25) is 0 Å². The predicted molar refractivity (Wildman–Crippen MR) is 163 cm³/mol. The highest BCUT2D eigenvalue weighted by atomic mass is 32.1. The van der Waals surface area contributed by atoms with E-state index in [1.165, 1.54) is 22.7 Å². The second-order valence-electron chi connectivity index (χ2n) is 9.85. The Morgan fingerprint density at radius 2 is 1.10 bits per heavy atom. The van der Waals surface area contributed by atoms with Crippen molar-refractivity contribution >= 4 is 51.1 Å². The van der Waals surface area contributed by atoms with Gasteiger partial charge in [-0.15, -0.1) is 31.7 Å². The summed E-state index contributed by atoms with van der Waals surface area (Å²) in [6.07, 6.45) is 5.82. The molecule has 0 bridgehead atoms. The molecule has 42 heavy (non-hydrogen) atoms. The quantitative estimate of drug-likeness (QED) is 0.106. The first-order valence-electron chi connectivity index (χ1n) is 14.1. The summed E-state index contributed by atoms with van der Waals surface area (Å²) in [7, 11) is 0. The molecule has 0 saturated carbocycles. The average Bonchev–Trinajstić information content (AvgIpc) is 3.65. The smallest absolute Gasteiger partial charge is 0.226 e. The van der Waals surface area contributed by atoms with Gasteiger partial charge in [0.2, 0.25) is 11.0 Å². The molecule has 0 saturated heterocycles. The number of amides is 1. The van der Waals surface area contributed by atoms with Gasteiger partial charge in [-0.3, -0.25) is 19.2 Å². The Morgan fingerprint density at radius 3 is 1.71 bits per heavy atom. The van der Waals surface area contributed by atoms with Gasteiger partial charge in [-0.05, 0) is 25.7 Å². The van der Waals surface area contributed by atoms with Crippen molar-refractivity contribution in [1.29, 1.82) is 0 Å². The van der Waals surface area contributed by atoms with E-state index in [-0.39, 0.29) is 36.1 Å². The van der Waals surface area contributed by atoms with Crippen LogP contribution in [-0.2, 0) is 28.9 Å². The zero-order valence-electron chi connectivity index (χ0n) is 23.3. The van der Waals surface area contributed by atoms with Gasteiger partial charge >= 0.3 is 0 Å². The molecule has 0 unspecified atom stereocenters. The van der Waals surface area contributed by atoms with Crippen molar-refractivity contribution in [3.05, 3.63) is 86.8 Å². The predicted octanol–water partition coefficient (Wildman–Crippen LogP) is 6.11. The number of hydrogen-bond donors (Lipinski definition) is 1. The number of hydrogen-bond acceptors (Lipinski definition) is 10. The molecule has 0 aliphatic carbocycles. The standard InChI is InChI=1S/C31H33N5O4S2/c37-24(15-9-16-25(38)22-11-3-1-4-12-22)21-30-35-33-28(41-30)19-7-8-20-29-34-36-31(42-29)32-27(40)18-10-17-26(39)23-13-5-2-6-14-23/h1-6,11-14H,7-10,15-21H2,(H,32,36,40). The Balaban J connectivity index is 1.07. The number of rotatable bonds is 18. The first-order valence-corrected chi connectivity index (χ1v) is 15.7. The number of Topliss-reactive ketones (excluding diaryl/α,β-unsaturated/α-hetero) is 3. The van der Waals surface area contributed by atoms with Crippen molar-refractivity contribution in [2.45, 2.75) is 70.6 Å². The minimum absolute atomic E-state index is 0.0312. The van der Waals surface area contributed by atoms with E-state index in [4.69, 9.17) is 0 Å². The Morgan fingerprint density at radius 1 is 0.571 bits per heavy atom. The Bertz CT molecular complexity index is 1360. The van der Waals surface area contributed by atoms with Crippen LogP contribution in [0.15, 0.2) is 60.7 Å². The van der Waals surface area contributed by atoms with Crippen LogP contribution >= 0.6 is 22.7 Å². The summed E-state index contributed by atoms with van der Waals surface area (Å²) >= 11 is 2.81. The third-order valence-corrected chi connectivity index (χ3v) is 8.34. The second kappa shape index (κ2) is 16.5. The summed E-state index contributed by atoms with van der Waals surface area (Å²) in [4.78, 5) is 48.9. The van der Waals surface area contributed by atoms with Gasteiger partial charge in [-0.2, -0.15) is 0 Å². The fraction of sp³-hybridized carbons (Fsp3) is 0.355. The van der Waals surface area contributed by atoms with Crippen LogP contribution in [0.1, 0.15) is 87.1 Å². The van der Waals surface area contributed by atoms with Crippen molar-refractivity contribution < 1.29 is 19.2 Å². The molecule has 1 N–H and O–H groups in total. The molecule has 11 heteroatoms. The molecule has 4 rings (SSSR count). The molecule has 2 heterocycles. The third kappa shape index (κ3) is 10.5. The minimum Gasteiger partial charge on any atom is -0.301 e. The number of carbonyl (C=O) groups excluding carboxylic acids is 4. The van der Waals surface area contributed by atoms with E-state index in [1.54, 1.807) is 24.3 Å². The zero-order chi connectivity index (χ0) is 29.6. The average molecular weight is 604 g/mol. The molecule has 0 aliphatic rings. The number of nitrogens with zero attached hydrogens (tertiary/aromatic N) is 4. The van der Waals surface area contributed by atoms with E-state index in [9.17, 15) is 19.2 Å². The van der Waals surface area contributed by atoms with Crippen molar-refractivity contribution in [2.75, 3.05) is 5.32 Å². The fourth-order valence-corrected chi connectivity index (χ4v) is 5.96.